The summed E-state index contributed by atoms with van der Waals surface area (Å²) in [5, 5.41) is 15.1. The second kappa shape index (κ2) is 5.29. The smallest absolute Gasteiger partial charge is 0.303 e. The Bertz CT molecular complexity index is 384. The standard InChI is InChI=1S/C10H15N3O3/c1-7(2)13-8(5-6-11-13)12-9(14)3-4-10(15)16/h5-7H,3-4H2,1-2H3,(H,12,14)(H,15,16). The number of aliphatic carboxylic acids is 1. The SMILES string of the molecule is CC(C)n1nccc1NC(=O)CCC(=O)O. The Morgan fingerprint density at radius 3 is 2.75 bits per heavy atom. The maximum atomic E-state index is 11.4. The van der Waals surface area contributed by atoms with Crippen molar-refractivity contribution in [3.8, 4) is 0 Å². The molecular weight excluding hydrogens is 210 g/mol. The molecule has 0 aliphatic rings. The van der Waals surface area contributed by atoms with Crippen LogP contribution in [0.4, 0.5) is 5.82 Å². The number of rotatable bonds is 5. The highest BCUT2D eigenvalue weighted by molar-refractivity contribution is 5.91. The Hall–Kier alpha value is -1.85. The molecule has 6 nitrogen and oxygen atoms in total. The Morgan fingerprint density at radius 1 is 1.50 bits per heavy atom. The van der Waals surface area contributed by atoms with Gasteiger partial charge >= 0.3 is 5.97 Å². The van der Waals surface area contributed by atoms with Crippen molar-refractivity contribution < 1.29 is 14.7 Å². The second-order valence-electron chi connectivity index (χ2n) is 3.70. The molecule has 0 aromatic carbocycles. The maximum absolute atomic E-state index is 11.4. The van der Waals surface area contributed by atoms with Gasteiger partial charge in [0.1, 0.15) is 5.82 Å². The fourth-order valence-electron chi connectivity index (χ4n) is 1.25. The zero-order valence-electron chi connectivity index (χ0n) is 9.30. The van der Waals surface area contributed by atoms with E-state index >= 15 is 0 Å². The lowest BCUT2D eigenvalue weighted by Gasteiger charge is -2.11. The van der Waals surface area contributed by atoms with E-state index in [0.29, 0.717) is 5.82 Å². The van der Waals surface area contributed by atoms with Crippen LogP contribution in [0.25, 0.3) is 0 Å². The van der Waals surface area contributed by atoms with E-state index in [-0.39, 0.29) is 24.8 Å². The van der Waals surface area contributed by atoms with Crippen LogP contribution in [0, 0.1) is 0 Å². The van der Waals surface area contributed by atoms with Crippen molar-refractivity contribution >= 4 is 17.7 Å². The van der Waals surface area contributed by atoms with Crippen molar-refractivity contribution in [2.75, 3.05) is 5.32 Å². The van der Waals surface area contributed by atoms with Crippen LogP contribution < -0.4 is 5.32 Å². The lowest BCUT2D eigenvalue weighted by Crippen LogP contribution is -2.17. The summed E-state index contributed by atoms with van der Waals surface area (Å²) in [6, 6.07) is 1.82. The van der Waals surface area contributed by atoms with Crippen LogP contribution in [0.2, 0.25) is 0 Å². The molecule has 0 radical (unpaired) electrons. The van der Waals surface area contributed by atoms with Crippen molar-refractivity contribution in [2.24, 2.45) is 0 Å². The quantitative estimate of drug-likeness (QED) is 0.790. The monoisotopic (exact) mass is 225 g/mol. The van der Waals surface area contributed by atoms with Crippen molar-refractivity contribution in [1.82, 2.24) is 9.78 Å². The van der Waals surface area contributed by atoms with Gasteiger partial charge in [-0.15, -0.1) is 0 Å². The summed E-state index contributed by atoms with van der Waals surface area (Å²) in [5.41, 5.74) is 0. The van der Waals surface area contributed by atoms with Gasteiger partial charge in [0.25, 0.3) is 0 Å². The van der Waals surface area contributed by atoms with Gasteiger partial charge in [0, 0.05) is 18.5 Å². The lowest BCUT2D eigenvalue weighted by atomic mass is 10.3. The van der Waals surface area contributed by atoms with E-state index in [4.69, 9.17) is 5.11 Å². The van der Waals surface area contributed by atoms with Crippen LogP contribution in [0.5, 0.6) is 0 Å². The van der Waals surface area contributed by atoms with Crippen LogP contribution in [-0.4, -0.2) is 26.8 Å². The van der Waals surface area contributed by atoms with Gasteiger partial charge in [0.05, 0.1) is 12.6 Å². The number of anilines is 1. The molecule has 88 valence electrons. The Labute approximate surface area is 93.3 Å². The second-order valence-corrected chi connectivity index (χ2v) is 3.70. The van der Waals surface area contributed by atoms with Gasteiger partial charge in [-0.05, 0) is 13.8 Å². The van der Waals surface area contributed by atoms with E-state index in [0.717, 1.165) is 0 Å². The van der Waals surface area contributed by atoms with Crippen molar-refractivity contribution in [1.29, 1.82) is 0 Å². The Morgan fingerprint density at radius 2 is 2.19 bits per heavy atom. The highest BCUT2D eigenvalue weighted by Crippen LogP contribution is 2.13. The van der Waals surface area contributed by atoms with Crippen LogP contribution in [0.15, 0.2) is 12.3 Å². The highest BCUT2D eigenvalue weighted by atomic mass is 16.4. The summed E-state index contributed by atoms with van der Waals surface area (Å²) in [5.74, 6) is -0.706. The molecular formula is C10H15N3O3. The molecule has 0 atom stereocenters. The van der Waals surface area contributed by atoms with Gasteiger partial charge in [-0.1, -0.05) is 0 Å². The first-order valence-corrected chi connectivity index (χ1v) is 5.06. The zero-order valence-corrected chi connectivity index (χ0v) is 9.30. The average Bonchev–Trinajstić information content (AvgIpc) is 2.62. The van der Waals surface area contributed by atoms with Crippen molar-refractivity contribution in [2.45, 2.75) is 32.7 Å². The molecule has 1 heterocycles. The van der Waals surface area contributed by atoms with Gasteiger partial charge in [-0.2, -0.15) is 5.10 Å². The summed E-state index contributed by atoms with van der Waals surface area (Å²) in [6.45, 7) is 3.89. The van der Waals surface area contributed by atoms with E-state index < -0.39 is 5.97 Å². The van der Waals surface area contributed by atoms with E-state index in [1.165, 1.54) is 0 Å². The van der Waals surface area contributed by atoms with Crippen LogP contribution in [-0.2, 0) is 9.59 Å². The number of carbonyl (C=O) groups excluding carboxylic acids is 1. The molecule has 0 saturated carbocycles. The predicted molar refractivity (Wildman–Crippen MR) is 58.1 cm³/mol. The first kappa shape index (κ1) is 12.2. The predicted octanol–water partition coefficient (Wildman–Crippen LogP) is 1.27. The molecule has 6 heteroatoms. The number of nitrogens with one attached hydrogen (secondary N) is 1. The molecule has 16 heavy (non-hydrogen) atoms. The minimum Gasteiger partial charge on any atom is -0.481 e. The molecule has 0 aliphatic carbocycles. The fraction of sp³-hybridized carbons (Fsp3) is 0.500. The topological polar surface area (TPSA) is 84.2 Å². The third kappa shape index (κ3) is 3.38. The Balaban J connectivity index is 2.56. The number of amides is 1. The average molecular weight is 225 g/mol. The molecule has 0 spiro atoms. The number of hydrogen-bond acceptors (Lipinski definition) is 3. The fourth-order valence-corrected chi connectivity index (χ4v) is 1.25. The van der Waals surface area contributed by atoms with Crippen LogP contribution >= 0.6 is 0 Å². The van der Waals surface area contributed by atoms with Gasteiger partial charge in [0.2, 0.25) is 5.91 Å². The van der Waals surface area contributed by atoms with E-state index in [9.17, 15) is 9.59 Å². The van der Waals surface area contributed by atoms with Gasteiger partial charge in [-0.25, -0.2) is 4.68 Å². The van der Waals surface area contributed by atoms with E-state index in [1.54, 1.807) is 16.9 Å². The normalized spacial score (nSPS) is 10.4. The number of aromatic nitrogens is 2. The maximum Gasteiger partial charge on any atom is 0.303 e. The molecule has 2 N–H and O–H groups in total. The largest absolute Gasteiger partial charge is 0.481 e. The van der Waals surface area contributed by atoms with Gasteiger partial charge in [-0.3, -0.25) is 9.59 Å². The molecule has 0 aliphatic heterocycles. The number of carboxylic acid groups (broad SMARTS) is 1. The van der Waals surface area contributed by atoms with Crippen LogP contribution in [0.1, 0.15) is 32.7 Å². The summed E-state index contributed by atoms with van der Waals surface area (Å²) < 4.78 is 1.67. The Kier molecular flexibility index (Phi) is 4.04. The van der Waals surface area contributed by atoms with Crippen molar-refractivity contribution in [3.05, 3.63) is 12.3 Å². The minimum absolute atomic E-state index is 0.0292. The van der Waals surface area contributed by atoms with Gasteiger partial charge in [0.15, 0.2) is 0 Å². The molecule has 0 unspecified atom stereocenters. The lowest BCUT2D eigenvalue weighted by molar-refractivity contribution is -0.138. The third-order valence-electron chi connectivity index (χ3n) is 1.99. The molecule has 1 rings (SSSR count). The number of carbonyl (C=O) groups is 2. The van der Waals surface area contributed by atoms with E-state index in [2.05, 4.69) is 10.4 Å². The zero-order chi connectivity index (χ0) is 12.1. The number of carboxylic acids is 1. The first-order chi connectivity index (χ1) is 7.50. The molecule has 0 fully saturated rings. The molecule has 1 amide bonds. The number of hydrogen-bond donors (Lipinski definition) is 2. The minimum atomic E-state index is -0.979. The third-order valence-corrected chi connectivity index (χ3v) is 1.99. The molecule has 0 bridgehead atoms. The summed E-state index contributed by atoms with van der Waals surface area (Å²) in [6.07, 6.45) is 1.40. The van der Waals surface area contributed by atoms with Crippen LogP contribution in [0.3, 0.4) is 0 Å². The molecule has 0 saturated heterocycles. The molecule has 1 aromatic rings. The van der Waals surface area contributed by atoms with Gasteiger partial charge < -0.3 is 10.4 Å². The first-order valence-electron chi connectivity index (χ1n) is 5.06. The van der Waals surface area contributed by atoms with Crippen molar-refractivity contribution in [3.63, 3.8) is 0 Å². The highest BCUT2D eigenvalue weighted by Gasteiger charge is 2.10. The van der Waals surface area contributed by atoms with E-state index in [1.807, 2.05) is 13.8 Å². The summed E-state index contributed by atoms with van der Waals surface area (Å²) >= 11 is 0. The molecule has 1 aromatic heterocycles. The number of nitrogens with zero attached hydrogens (tertiary/aromatic N) is 2. The summed E-state index contributed by atoms with van der Waals surface area (Å²) in [4.78, 5) is 21.7. The summed E-state index contributed by atoms with van der Waals surface area (Å²) in [7, 11) is 0.